The molecular weight excluding hydrogens is 481 g/mol. The molecule has 4 heterocycles. The van der Waals surface area contributed by atoms with E-state index in [1.165, 1.54) is 6.33 Å². The fraction of sp³-hybridized carbons (Fsp3) is 0.538. The van der Waals surface area contributed by atoms with Crippen molar-refractivity contribution in [3.05, 3.63) is 36.5 Å². The van der Waals surface area contributed by atoms with E-state index >= 15 is 4.39 Å². The summed E-state index contributed by atoms with van der Waals surface area (Å²) in [7, 11) is 0. The van der Waals surface area contributed by atoms with Crippen LogP contribution in [0, 0.1) is 11.7 Å². The third-order valence-corrected chi connectivity index (χ3v) is 9.01. The number of hydrogen-bond donors (Lipinski definition) is 1. The van der Waals surface area contributed by atoms with Crippen molar-refractivity contribution in [3.63, 3.8) is 0 Å². The number of halogens is 1. The zero-order valence-electron chi connectivity index (χ0n) is 20.3. The topological polar surface area (TPSA) is 101 Å². The van der Waals surface area contributed by atoms with Crippen molar-refractivity contribution in [1.82, 2.24) is 19.4 Å². The third-order valence-electron chi connectivity index (χ3n) is 7.73. The van der Waals surface area contributed by atoms with Gasteiger partial charge in [0.2, 0.25) is 0 Å². The number of nitrogen functional groups attached to an aromatic ring is 1. The van der Waals surface area contributed by atoms with Crippen LogP contribution >= 0.6 is 0 Å². The Morgan fingerprint density at radius 1 is 1.19 bits per heavy atom. The quantitative estimate of drug-likeness (QED) is 0.483. The molecule has 192 valence electrons. The lowest BCUT2D eigenvalue weighted by Gasteiger charge is -2.40. The van der Waals surface area contributed by atoms with E-state index in [0.717, 1.165) is 69.1 Å². The minimum absolute atomic E-state index is 0.0117. The van der Waals surface area contributed by atoms with Crippen molar-refractivity contribution in [2.75, 3.05) is 50.1 Å². The van der Waals surface area contributed by atoms with E-state index in [2.05, 4.69) is 19.4 Å². The van der Waals surface area contributed by atoms with Gasteiger partial charge < -0.3 is 24.3 Å². The van der Waals surface area contributed by atoms with Crippen molar-refractivity contribution in [1.29, 1.82) is 0 Å². The number of benzene rings is 1. The summed E-state index contributed by atoms with van der Waals surface area (Å²) in [6, 6.07) is 5.49. The second-order valence-corrected chi connectivity index (χ2v) is 11.8. The first-order valence-electron chi connectivity index (χ1n) is 12.8. The number of anilines is 1. The number of nitrogens with zero attached hydrogens (tertiary/aromatic N) is 4. The highest BCUT2D eigenvalue weighted by Gasteiger charge is 2.35. The van der Waals surface area contributed by atoms with Crippen molar-refractivity contribution < 1.29 is 18.4 Å². The van der Waals surface area contributed by atoms with Gasteiger partial charge in [0.15, 0.2) is 11.6 Å². The second kappa shape index (κ2) is 10.2. The number of aromatic nitrogens is 3. The average molecular weight is 514 g/mol. The average Bonchev–Trinajstić information content (AvgIpc) is 3.51. The normalized spacial score (nSPS) is 25.3. The Kier molecular flexibility index (Phi) is 6.76. The van der Waals surface area contributed by atoms with Gasteiger partial charge in [0, 0.05) is 49.6 Å². The van der Waals surface area contributed by atoms with Crippen LogP contribution in [0.3, 0.4) is 0 Å². The largest absolute Gasteiger partial charge is 0.616 e. The van der Waals surface area contributed by atoms with Crippen molar-refractivity contribution in [3.8, 4) is 16.9 Å². The lowest BCUT2D eigenvalue weighted by molar-refractivity contribution is 0.0666. The fourth-order valence-corrected chi connectivity index (χ4v) is 6.81. The van der Waals surface area contributed by atoms with Crippen LogP contribution in [0.15, 0.2) is 30.7 Å². The van der Waals surface area contributed by atoms with Gasteiger partial charge in [-0.15, -0.1) is 0 Å². The molecule has 10 heteroatoms. The first kappa shape index (κ1) is 24.0. The Morgan fingerprint density at radius 2 is 2.03 bits per heavy atom. The molecule has 3 fully saturated rings. The van der Waals surface area contributed by atoms with E-state index in [1.54, 1.807) is 18.2 Å². The van der Waals surface area contributed by atoms with Crippen molar-refractivity contribution in [2.24, 2.45) is 5.92 Å². The molecule has 1 aromatic carbocycles. The molecule has 1 aliphatic carbocycles. The van der Waals surface area contributed by atoms with Gasteiger partial charge in [0.1, 0.15) is 35.9 Å². The SMILES string of the molecule is Nc1ncnc2c1c(-c1cccc(OC[C@@H]3CCCO3)c1F)cn2C1CC(CN2CC[S+]([O-])CC2)C1. The highest BCUT2D eigenvalue weighted by atomic mass is 32.2. The van der Waals surface area contributed by atoms with Crippen LogP contribution in [0.5, 0.6) is 5.75 Å². The summed E-state index contributed by atoms with van der Waals surface area (Å²) in [5, 5.41) is 0.676. The fourth-order valence-electron chi connectivity index (χ4n) is 5.68. The maximum absolute atomic E-state index is 15.7. The van der Waals surface area contributed by atoms with E-state index < -0.39 is 17.0 Å². The molecule has 8 nitrogen and oxygen atoms in total. The van der Waals surface area contributed by atoms with Crippen molar-refractivity contribution in [2.45, 2.75) is 37.8 Å². The Hall–Kier alpha value is -2.40. The highest BCUT2D eigenvalue weighted by molar-refractivity contribution is 7.91. The van der Waals surface area contributed by atoms with Gasteiger partial charge in [0.25, 0.3) is 0 Å². The Labute approximate surface area is 213 Å². The van der Waals surface area contributed by atoms with Crippen LogP contribution in [0.1, 0.15) is 31.7 Å². The number of ether oxygens (including phenoxy) is 2. The minimum atomic E-state index is -0.654. The first-order chi connectivity index (χ1) is 17.6. The summed E-state index contributed by atoms with van der Waals surface area (Å²) in [6.07, 6.45) is 7.46. The molecule has 3 aromatic rings. The molecule has 0 radical (unpaired) electrons. The van der Waals surface area contributed by atoms with Crippen LogP contribution in [-0.2, 0) is 15.9 Å². The predicted molar refractivity (Wildman–Crippen MR) is 138 cm³/mol. The smallest absolute Gasteiger partial charge is 0.172 e. The molecule has 0 spiro atoms. The lowest BCUT2D eigenvalue weighted by Crippen LogP contribution is -2.45. The van der Waals surface area contributed by atoms with Gasteiger partial charge in [-0.25, -0.2) is 14.4 Å². The predicted octanol–water partition coefficient (Wildman–Crippen LogP) is 3.39. The molecule has 0 amide bonds. The zero-order valence-corrected chi connectivity index (χ0v) is 21.1. The van der Waals surface area contributed by atoms with Crippen LogP contribution < -0.4 is 10.5 Å². The van der Waals surface area contributed by atoms with E-state index in [4.69, 9.17) is 15.2 Å². The second-order valence-electron chi connectivity index (χ2n) is 10.1. The number of hydrogen-bond acceptors (Lipinski definition) is 7. The molecule has 1 saturated carbocycles. The molecule has 1 atom stereocenters. The molecule has 2 aliphatic heterocycles. The molecular formula is C26H32FN5O3S. The van der Waals surface area contributed by atoms with E-state index in [9.17, 15) is 4.55 Å². The summed E-state index contributed by atoms with van der Waals surface area (Å²) < 4.78 is 40.9. The van der Waals surface area contributed by atoms with Crippen LogP contribution in [-0.4, -0.2) is 74.4 Å². The summed E-state index contributed by atoms with van der Waals surface area (Å²) in [6.45, 7) is 3.94. The first-order valence-corrected chi connectivity index (χ1v) is 14.3. The van der Waals surface area contributed by atoms with E-state index in [0.29, 0.717) is 34.9 Å². The van der Waals surface area contributed by atoms with Crippen molar-refractivity contribution >= 4 is 28.0 Å². The van der Waals surface area contributed by atoms with E-state index in [1.807, 2.05) is 6.20 Å². The Bertz CT molecular complexity index is 1220. The summed E-state index contributed by atoms with van der Waals surface area (Å²) in [5.41, 5.74) is 8.15. The van der Waals surface area contributed by atoms with Gasteiger partial charge in [0.05, 0.1) is 11.5 Å². The maximum atomic E-state index is 15.7. The zero-order chi connectivity index (χ0) is 24.6. The maximum Gasteiger partial charge on any atom is 0.172 e. The Morgan fingerprint density at radius 3 is 2.81 bits per heavy atom. The summed E-state index contributed by atoms with van der Waals surface area (Å²) in [4.78, 5) is 11.2. The van der Waals surface area contributed by atoms with Crippen LogP contribution in [0.2, 0.25) is 0 Å². The molecule has 3 aliphatic rings. The van der Waals surface area contributed by atoms with E-state index in [-0.39, 0.29) is 17.9 Å². The minimum Gasteiger partial charge on any atom is -0.616 e. The molecule has 2 saturated heterocycles. The van der Waals surface area contributed by atoms with Crippen LogP contribution in [0.25, 0.3) is 22.2 Å². The molecule has 36 heavy (non-hydrogen) atoms. The molecule has 0 unspecified atom stereocenters. The monoisotopic (exact) mass is 513 g/mol. The summed E-state index contributed by atoms with van der Waals surface area (Å²) in [5.74, 6) is 2.29. The van der Waals surface area contributed by atoms with Gasteiger partial charge in [-0.2, -0.15) is 0 Å². The van der Waals surface area contributed by atoms with Gasteiger partial charge >= 0.3 is 0 Å². The number of rotatable bonds is 7. The standard InChI is InChI=1S/C26H32FN5O3S/c27-24-20(4-1-5-22(24)35-15-19-3-2-8-34-19)21-14-32(26-23(21)25(28)29-16-30-26)18-11-17(12-18)13-31-6-9-36(33)10-7-31/h1,4-5,14,16-19H,2-3,6-13,15H2,(H2,28,29,30)/t17?,18?,19-/m0/s1. The van der Waals surface area contributed by atoms with Gasteiger partial charge in [-0.1, -0.05) is 23.3 Å². The lowest BCUT2D eigenvalue weighted by atomic mass is 9.79. The van der Waals surface area contributed by atoms with Gasteiger partial charge in [-0.3, -0.25) is 4.90 Å². The molecule has 2 aromatic heterocycles. The number of nitrogens with two attached hydrogens (primary N) is 1. The molecule has 0 bridgehead atoms. The van der Waals surface area contributed by atoms with Gasteiger partial charge in [-0.05, 0) is 37.7 Å². The molecule has 6 rings (SSSR count). The third kappa shape index (κ3) is 4.67. The number of fused-ring (bicyclic) bond motifs is 1. The highest BCUT2D eigenvalue weighted by Crippen LogP contribution is 2.44. The van der Waals surface area contributed by atoms with Crippen LogP contribution in [0.4, 0.5) is 10.2 Å². The summed E-state index contributed by atoms with van der Waals surface area (Å²) >= 11 is -0.654. The molecule has 2 N–H and O–H groups in total. The Balaban J connectivity index is 1.23.